The highest BCUT2D eigenvalue weighted by Gasteiger charge is 2.16. The van der Waals surface area contributed by atoms with E-state index in [9.17, 15) is 4.79 Å². The summed E-state index contributed by atoms with van der Waals surface area (Å²) in [6, 6.07) is 4.63. The molecule has 0 atom stereocenters. The van der Waals surface area contributed by atoms with Gasteiger partial charge in [0, 0.05) is 5.02 Å². The van der Waals surface area contributed by atoms with Gasteiger partial charge in [-0.2, -0.15) is 0 Å². The fourth-order valence-corrected chi connectivity index (χ4v) is 2.05. The Morgan fingerprint density at radius 2 is 1.85 bits per heavy atom. The van der Waals surface area contributed by atoms with Crippen LogP contribution in [0.2, 0.25) is 15.3 Å². The second kappa shape index (κ2) is 6.26. The first-order valence-electron chi connectivity index (χ1n) is 5.34. The van der Waals surface area contributed by atoms with Crippen LogP contribution in [-0.2, 0) is 0 Å². The maximum Gasteiger partial charge on any atom is 0.259 e. The second-order valence-electron chi connectivity index (χ2n) is 3.63. The molecular weight excluding hydrogens is 325 g/mol. The summed E-state index contributed by atoms with van der Waals surface area (Å²) in [5.41, 5.74) is 0.422. The molecule has 0 saturated heterocycles. The third kappa shape index (κ3) is 3.12. The highest BCUT2D eigenvalue weighted by atomic mass is 35.5. The van der Waals surface area contributed by atoms with E-state index >= 15 is 0 Å². The van der Waals surface area contributed by atoms with Crippen molar-refractivity contribution >= 4 is 46.4 Å². The van der Waals surface area contributed by atoms with Gasteiger partial charge in [-0.05, 0) is 18.2 Å². The molecule has 0 aliphatic carbocycles. The van der Waals surface area contributed by atoms with E-state index in [0.29, 0.717) is 10.8 Å². The Morgan fingerprint density at radius 3 is 2.45 bits per heavy atom. The second-order valence-corrected chi connectivity index (χ2v) is 4.78. The molecule has 0 fully saturated rings. The lowest BCUT2D eigenvalue weighted by molar-refractivity contribution is 0.102. The minimum Gasteiger partial charge on any atom is -0.496 e. The first-order chi connectivity index (χ1) is 9.52. The Bertz CT molecular complexity index is 644. The molecule has 1 N–H and O–H groups in total. The van der Waals surface area contributed by atoms with E-state index in [4.69, 9.17) is 39.5 Å². The summed E-state index contributed by atoms with van der Waals surface area (Å²) in [5, 5.41) is 3.09. The lowest BCUT2D eigenvalue weighted by Gasteiger charge is -2.10. The standard InChI is InChI=1S/C12H8Cl3N3O2/c1-20-8-4-6(13)2-3-7(8)12(19)18-9-10(14)16-5-17-11(9)15/h2-5H,1H3,(H,18,19). The van der Waals surface area contributed by atoms with Crippen molar-refractivity contribution in [3.63, 3.8) is 0 Å². The van der Waals surface area contributed by atoms with Gasteiger partial charge in [0.25, 0.3) is 5.91 Å². The highest BCUT2D eigenvalue weighted by molar-refractivity contribution is 6.38. The minimum atomic E-state index is -0.461. The van der Waals surface area contributed by atoms with Crippen LogP contribution in [0, 0.1) is 0 Å². The lowest BCUT2D eigenvalue weighted by atomic mass is 10.2. The molecule has 0 spiro atoms. The van der Waals surface area contributed by atoms with Crippen LogP contribution in [0.1, 0.15) is 10.4 Å². The summed E-state index contributed by atoms with van der Waals surface area (Å²) in [7, 11) is 1.44. The van der Waals surface area contributed by atoms with E-state index in [1.165, 1.54) is 25.6 Å². The number of amides is 1. The van der Waals surface area contributed by atoms with Gasteiger partial charge in [0.15, 0.2) is 10.3 Å². The quantitative estimate of drug-likeness (QED) is 0.871. The van der Waals surface area contributed by atoms with E-state index in [2.05, 4.69) is 15.3 Å². The monoisotopic (exact) mass is 331 g/mol. The smallest absolute Gasteiger partial charge is 0.259 e. The van der Waals surface area contributed by atoms with E-state index < -0.39 is 5.91 Å². The molecule has 0 bridgehead atoms. The molecule has 0 radical (unpaired) electrons. The van der Waals surface area contributed by atoms with E-state index in [-0.39, 0.29) is 21.6 Å². The summed E-state index contributed by atoms with van der Waals surface area (Å²) in [5.74, 6) is -0.129. The zero-order valence-electron chi connectivity index (χ0n) is 10.2. The summed E-state index contributed by atoms with van der Waals surface area (Å²) < 4.78 is 5.10. The number of hydrogen-bond acceptors (Lipinski definition) is 4. The van der Waals surface area contributed by atoms with Crippen LogP contribution in [0.3, 0.4) is 0 Å². The van der Waals surface area contributed by atoms with Crippen molar-refractivity contribution in [2.45, 2.75) is 0 Å². The van der Waals surface area contributed by atoms with Crippen LogP contribution in [0.5, 0.6) is 5.75 Å². The number of rotatable bonds is 3. The molecule has 0 aliphatic rings. The van der Waals surface area contributed by atoms with Crippen molar-refractivity contribution in [3.05, 3.63) is 45.4 Å². The molecule has 5 nitrogen and oxygen atoms in total. The summed E-state index contributed by atoms with van der Waals surface area (Å²) >= 11 is 17.6. The zero-order valence-corrected chi connectivity index (χ0v) is 12.4. The number of carbonyl (C=O) groups is 1. The van der Waals surface area contributed by atoms with Gasteiger partial charge in [-0.15, -0.1) is 0 Å². The number of hydrogen-bond donors (Lipinski definition) is 1. The van der Waals surface area contributed by atoms with Crippen molar-refractivity contribution in [2.24, 2.45) is 0 Å². The van der Waals surface area contributed by atoms with Crippen LogP contribution in [0.15, 0.2) is 24.5 Å². The van der Waals surface area contributed by atoms with Gasteiger partial charge < -0.3 is 10.1 Å². The van der Waals surface area contributed by atoms with Gasteiger partial charge in [-0.1, -0.05) is 34.8 Å². The number of anilines is 1. The van der Waals surface area contributed by atoms with Crippen LogP contribution in [0.4, 0.5) is 5.69 Å². The van der Waals surface area contributed by atoms with Crippen molar-refractivity contribution in [1.82, 2.24) is 9.97 Å². The summed E-state index contributed by atoms with van der Waals surface area (Å²) in [6.45, 7) is 0. The summed E-state index contributed by atoms with van der Waals surface area (Å²) in [6.07, 6.45) is 1.20. The number of halogens is 3. The highest BCUT2D eigenvalue weighted by Crippen LogP contribution is 2.28. The maximum absolute atomic E-state index is 12.2. The molecule has 20 heavy (non-hydrogen) atoms. The van der Waals surface area contributed by atoms with Gasteiger partial charge in [0.05, 0.1) is 12.7 Å². The van der Waals surface area contributed by atoms with Crippen molar-refractivity contribution in [3.8, 4) is 5.75 Å². The molecule has 2 rings (SSSR count). The Hall–Kier alpha value is -1.56. The Balaban J connectivity index is 2.33. The minimum absolute atomic E-state index is 0.0475. The molecule has 0 aliphatic heterocycles. The fourth-order valence-electron chi connectivity index (χ4n) is 1.48. The molecule has 1 heterocycles. The van der Waals surface area contributed by atoms with Crippen molar-refractivity contribution < 1.29 is 9.53 Å². The predicted octanol–water partition coefficient (Wildman–Crippen LogP) is 3.70. The number of nitrogens with one attached hydrogen (secondary N) is 1. The molecule has 2 aromatic rings. The topological polar surface area (TPSA) is 64.1 Å². The SMILES string of the molecule is COc1cc(Cl)ccc1C(=O)Nc1c(Cl)ncnc1Cl. The third-order valence-electron chi connectivity index (χ3n) is 2.40. The van der Waals surface area contributed by atoms with E-state index in [1.54, 1.807) is 6.07 Å². The molecule has 1 aromatic heterocycles. The van der Waals surface area contributed by atoms with Crippen molar-refractivity contribution in [1.29, 1.82) is 0 Å². The van der Waals surface area contributed by atoms with E-state index in [0.717, 1.165) is 0 Å². The van der Waals surface area contributed by atoms with Gasteiger partial charge in [-0.25, -0.2) is 9.97 Å². The average Bonchev–Trinajstić information content (AvgIpc) is 2.42. The first kappa shape index (κ1) is 14.8. The predicted molar refractivity (Wildman–Crippen MR) is 78.0 cm³/mol. The number of benzene rings is 1. The molecule has 1 aromatic carbocycles. The maximum atomic E-state index is 12.2. The van der Waals surface area contributed by atoms with Crippen LogP contribution in [0.25, 0.3) is 0 Å². The Morgan fingerprint density at radius 1 is 1.20 bits per heavy atom. The zero-order chi connectivity index (χ0) is 14.7. The average molecular weight is 333 g/mol. The van der Waals surface area contributed by atoms with Crippen LogP contribution >= 0.6 is 34.8 Å². The normalized spacial score (nSPS) is 10.2. The first-order valence-corrected chi connectivity index (χ1v) is 6.47. The number of aromatic nitrogens is 2. The fraction of sp³-hybridized carbons (Fsp3) is 0.0833. The molecule has 1 amide bonds. The number of ether oxygens (including phenoxy) is 1. The molecule has 0 unspecified atom stereocenters. The van der Waals surface area contributed by atoms with Crippen molar-refractivity contribution in [2.75, 3.05) is 12.4 Å². The lowest BCUT2D eigenvalue weighted by Crippen LogP contribution is -2.14. The van der Waals surface area contributed by atoms with Crippen LogP contribution in [-0.4, -0.2) is 23.0 Å². The Kier molecular flexibility index (Phi) is 4.65. The van der Waals surface area contributed by atoms with Gasteiger partial charge in [0.1, 0.15) is 17.8 Å². The third-order valence-corrected chi connectivity index (χ3v) is 3.21. The molecule has 104 valence electrons. The van der Waals surface area contributed by atoms with E-state index in [1.807, 2.05) is 0 Å². The van der Waals surface area contributed by atoms with Gasteiger partial charge >= 0.3 is 0 Å². The van der Waals surface area contributed by atoms with Gasteiger partial charge in [-0.3, -0.25) is 4.79 Å². The molecule has 0 saturated carbocycles. The molecule has 8 heteroatoms. The van der Waals surface area contributed by atoms with Crippen LogP contribution < -0.4 is 10.1 Å². The largest absolute Gasteiger partial charge is 0.496 e. The summed E-state index contributed by atoms with van der Waals surface area (Å²) in [4.78, 5) is 19.7. The number of methoxy groups -OCH3 is 1. The number of nitrogens with zero attached hydrogens (tertiary/aromatic N) is 2. The Labute approximate surface area is 129 Å². The number of carbonyl (C=O) groups excluding carboxylic acids is 1. The molecular formula is C12H8Cl3N3O2. The van der Waals surface area contributed by atoms with Gasteiger partial charge in [0.2, 0.25) is 0 Å².